The molecule has 0 radical (unpaired) electrons. The lowest BCUT2D eigenvalue weighted by molar-refractivity contribution is -0.311. The standard InChI is InChI=1S/C51H90N6O19/c1-46(2,3)72-33(59)19-18-23-52-26-28-20-21-29(55-43(64)74-48(7,8)9)40(69-28)70-37-31(56-44(65)75-49(10,11)12)25-30(54-39(62)32(58)22-24-53-42(63)73-47(4,5)6)36(34(37)60)71-41-35(61)38(51(16,67)27-68-41)57(17)45(66)76-50(13,14)15/h20,29-32,34-38,40-41,52,58,60-61,67H,18-19,21-27H2,1-17H3,(H,53,63)(H,54,62)(H,55,64)(H,56,65)/t29-,30-,31+,32+,34-,35-,36+,37-,38-,40-,41-,51+/m1/s1. The summed E-state index contributed by atoms with van der Waals surface area (Å²) in [5.74, 6) is -0.997. The van der Waals surface area contributed by atoms with Crippen molar-refractivity contribution in [3.63, 3.8) is 0 Å². The van der Waals surface area contributed by atoms with Crippen LogP contribution in [0.15, 0.2) is 11.8 Å². The molecule has 0 unspecified atom stereocenters. The number of aliphatic hydroxyl groups is 4. The molecule has 25 heteroatoms. The van der Waals surface area contributed by atoms with Gasteiger partial charge < -0.3 is 94.5 Å². The van der Waals surface area contributed by atoms with Gasteiger partial charge >= 0.3 is 30.3 Å². The molecule has 438 valence electrons. The summed E-state index contributed by atoms with van der Waals surface area (Å²) < 4.78 is 52.7. The molecule has 9 N–H and O–H groups in total. The van der Waals surface area contributed by atoms with Gasteiger partial charge in [-0.15, -0.1) is 0 Å². The van der Waals surface area contributed by atoms with Gasteiger partial charge in [0.2, 0.25) is 12.2 Å². The highest BCUT2D eigenvalue weighted by Gasteiger charge is 2.55. The zero-order valence-corrected chi connectivity index (χ0v) is 47.7. The van der Waals surface area contributed by atoms with Crippen LogP contribution >= 0.6 is 0 Å². The first-order chi connectivity index (χ1) is 34.6. The first-order valence-corrected chi connectivity index (χ1v) is 25.8. The van der Waals surface area contributed by atoms with Crippen molar-refractivity contribution in [2.45, 2.75) is 244 Å². The van der Waals surface area contributed by atoms with E-state index in [2.05, 4.69) is 26.6 Å². The fraction of sp³-hybridized carbons (Fsp3) is 0.843. The smallest absolute Gasteiger partial charge is 0.410 e. The lowest BCUT2D eigenvalue weighted by Gasteiger charge is -2.50. The number of alkyl carbamates (subject to hydrolysis) is 3. The third-order valence-corrected chi connectivity index (χ3v) is 11.2. The lowest BCUT2D eigenvalue weighted by Crippen LogP contribution is -2.71. The summed E-state index contributed by atoms with van der Waals surface area (Å²) in [6.07, 6.45) is -13.6. The van der Waals surface area contributed by atoms with Gasteiger partial charge in [0.05, 0.1) is 37.3 Å². The predicted octanol–water partition coefficient (Wildman–Crippen LogP) is 3.11. The molecule has 0 aromatic heterocycles. The largest absolute Gasteiger partial charge is 0.466 e. The first-order valence-electron chi connectivity index (χ1n) is 25.8. The maximum atomic E-state index is 13.9. The van der Waals surface area contributed by atoms with E-state index in [-0.39, 0.29) is 44.7 Å². The van der Waals surface area contributed by atoms with Gasteiger partial charge in [-0.1, -0.05) is 0 Å². The van der Waals surface area contributed by atoms with Crippen molar-refractivity contribution in [3.8, 4) is 0 Å². The molecular weight excluding hydrogens is 1000 g/mol. The number of ether oxygens (including phenoxy) is 9. The number of nitrogens with zero attached hydrogens (tertiary/aromatic N) is 1. The maximum Gasteiger partial charge on any atom is 0.410 e. The van der Waals surface area contributed by atoms with Crippen LogP contribution in [0.5, 0.6) is 0 Å². The summed E-state index contributed by atoms with van der Waals surface area (Å²) in [5.41, 5.74) is -6.23. The molecule has 2 aliphatic heterocycles. The van der Waals surface area contributed by atoms with E-state index in [9.17, 15) is 49.2 Å². The van der Waals surface area contributed by atoms with Crippen LogP contribution in [0.2, 0.25) is 0 Å². The van der Waals surface area contributed by atoms with Gasteiger partial charge in [-0.2, -0.15) is 0 Å². The van der Waals surface area contributed by atoms with E-state index < -0.39 is 138 Å². The fourth-order valence-electron chi connectivity index (χ4n) is 8.24. The molecule has 3 aliphatic rings. The van der Waals surface area contributed by atoms with Gasteiger partial charge in [0.15, 0.2) is 6.29 Å². The molecular formula is C51H90N6O19. The zero-order valence-electron chi connectivity index (χ0n) is 47.7. The van der Waals surface area contributed by atoms with Gasteiger partial charge in [-0.05, 0) is 149 Å². The number of carbonyl (C=O) groups excluding carboxylic acids is 6. The molecule has 3 rings (SSSR count). The Kier molecular flexibility index (Phi) is 23.0. The van der Waals surface area contributed by atoms with Crippen LogP contribution < -0.4 is 26.6 Å². The minimum atomic E-state index is -1.92. The second-order valence-electron chi connectivity index (χ2n) is 24.6. The van der Waals surface area contributed by atoms with Crippen molar-refractivity contribution in [1.29, 1.82) is 0 Å². The van der Waals surface area contributed by atoms with Crippen molar-refractivity contribution in [2.75, 3.05) is 33.3 Å². The Bertz CT molecular complexity index is 1990. The van der Waals surface area contributed by atoms with Crippen LogP contribution in [0.1, 0.15) is 143 Å². The summed E-state index contributed by atoms with van der Waals surface area (Å²) in [7, 11) is 1.31. The Morgan fingerprint density at radius 3 is 1.74 bits per heavy atom. The normalized spacial score (nSPS) is 27.8. The zero-order chi connectivity index (χ0) is 57.9. The monoisotopic (exact) mass is 1090 g/mol. The summed E-state index contributed by atoms with van der Waals surface area (Å²) in [6, 6.07) is -5.07. The maximum absolute atomic E-state index is 13.9. The Morgan fingerprint density at radius 2 is 1.20 bits per heavy atom. The summed E-state index contributed by atoms with van der Waals surface area (Å²) in [6.45, 7) is 26.3. The van der Waals surface area contributed by atoms with E-state index in [0.717, 1.165) is 4.90 Å². The molecule has 0 bridgehead atoms. The Labute approximate surface area is 447 Å². The highest BCUT2D eigenvalue weighted by molar-refractivity contribution is 5.81. The molecule has 2 fully saturated rings. The Morgan fingerprint density at radius 1 is 0.697 bits per heavy atom. The number of nitrogens with one attached hydrogen (secondary N) is 5. The molecule has 0 aromatic carbocycles. The van der Waals surface area contributed by atoms with Gasteiger partial charge in [-0.25, -0.2) is 19.2 Å². The number of likely N-dealkylation sites (N-methyl/N-ethyl adjacent to an activating group) is 1. The molecule has 1 aliphatic carbocycles. The lowest BCUT2D eigenvalue weighted by atomic mass is 9.82. The summed E-state index contributed by atoms with van der Waals surface area (Å²) >= 11 is 0. The van der Waals surface area contributed by atoms with Crippen molar-refractivity contribution < 1.29 is 91.8 Å². The number of esters is 1. The highest BCUT2D eigenvalue weighted by Crippen LogP contribution is 2.35. The number of hydrogen-bond acceptors (Lipinski definition) is 20. The van der Waals surface area contributed by atoms with E-state index in [1.54, 1.807) is 110 Å². The van der Waals surface area contributed by atoms with Crippen LogP contribution in [0.4, 0.5) is 19.2 Å². The number of amides is 5. The van der Waals surface area contributed by atoms with Crippen LogP contribution in [0, 0.1) is 0 Å². The van der Waals surface area contributed by atoms with E-state index in [0.29, 0.717) is 18.7 Å². The van der Waals surface area contributed by atoms with Crippen LogP contribution in [-0.2, 0) is 52.2 Å². The van der Waals surface area contributed by atoms with Gasteiger partial charge in [0, 0.05) is 20.0 Å². The van der Waals surface area contributed by atoms with E-state index in [1.807, 2.05) is 0 Å². The third kappa shape index (κ3) is 22.7. The van der Waals surface area contributed by atoms with Crippen LogP contribution in [0.25, 0.3) is 0 Å². The number of hydrogen-bond donors (Lipinski definition) is 9. The van der Waals surface area contributed by atoms with E-state index >= 15 is 0 Å². The highest BCUT2D eigenvalue weighted by atomic mass is 16.7. The molecule has 1 saturated heterocycles. The molecule has 0 spiro atoms. The molecule has 12 atom stereocenters. The minimum absolute atomic E-state index is 0.111. The van der Waals surface area contributed by atoms with Gasteiger partial charge in [-0.3, -0.25) is 9.59 Å². The third-order valence-electron chi connectivity index (χ3n) is 11.2. The molecule has 0 aromatic rings. The number of rotatable bonds is 18. The van der Waals surface area contributed by atoms with E-state index in [1.165, 1.54) is 14.0 Å². The molecule has 1 saturated carbocycles. The Hall–Kier alpha value is -4.76. The topological polar surface area (TPSA) is 330 Å². The predicted molar refractivity (Wildman–Crippen MR) is 273 cm³/mol. The SMILES string of the molecule is CN(C(=O)OC(C)(C)C)[C@@H]1[C@@H](O)[C@@H](O[C@@H]2[C@@H](O)[C@H](O[C@H]3OC(CNCCCC(=O)OC(C)(C)C)=CC[C@H]3NC(=O)OC(C)(C)C)[C@@H](NC(=O)OC(C)(C)C)C[C@H]2NC(=O)[C@@H](O)CCNC(=O)OC(C)(C)C)OC[C@]1(C)O. The second kappa shape index (κ2) is 26.7. The van der Waals surface area contributed by atoms with Gasteiger partial charge in [0.1, 0.15) is 69.9 Å². The van der Waals surface area contributed by atoms with Crippen molar-refractivity contribution >= 4 is 36.2 Å². The minimum Gasteiger partial charge on any atom is -0.466 e. The van der Waals surface area contributed by atoms with Crippen molar-refractivity contribution in [1.82, 2.24) is 31.5 Å². The molecule has 25 nitrogen and oxygen atoms in total. The summed E-state index contributed by atoms with van der Waals surface area (Å²) in [5, 5.41) is 61.1. The molecule has 2 heterocycles. The van der Waals surface area contributed by atoms with Crippen molar-refractivity contribution in [3.05, 3.63) is 11.8 Å². The average Bonchev–Trinajstić information content (AvgIpc) is 3.21. The average molecular weight is 1090 g/mol. The quantitative estimate of drug-likeness (QED) is 0.0541. The molecule has 76 heavy (non-hydrogen) atoms. The number of aliphatic hydroxyl groups excluding tert-OH is 3. The van der Waals surface area contributed by atoms with Gasteiger partial charge in [0.25, 0.3) is 0 Å². The van der Waals surface area contributed by atoms with Crippen molar-refractivity contribution in [2.24, 2.45) is 0 Å². The fourth-order valence-corrected chi connectivity index (χ4v) is 8.24. The number of carbonyl (C=O) groups is 6. The Balaban J connectivity index is 2.09. The first kappa shape index (κ1) is 65.5. The van der Waals surface area contributed by atoms with Crippen LogP contribution in [0.3, 0.4) is 0 Å². The second-order valence-corrected chi connectivity index (χ2v) is 24.6. The van der Waals surface area contributed by atoms with E-state index in [4.69, 9.17) is 42.6 Å². The molecule has 5 amide bonds. The van der Waals surface area contributed by atoms with Crippen LogP contribution in [-0.4, -0.2) is 196 Å². The summed E-state index contributed by atoms with van der Waals surface area (Å²) in [4.78, 5) is 79.8.